The van der Waals surface area contributed by atoms with Crippen molar-refractivity contribution in [3.8, 4) is 5.75 Å². The van der Waals surface area contributed by atoms with E-state index in [0.717, 1.165) is 37.0 Å². The van der Waals surface area contributed by atoms with Crippen LogP contribution in [-0.2, 0) is 26.1 Å². The number of pyridine rings is 1. The third-order valence-electron chi connectivity index (χ3n) is 6.46. The van der Waals surface area contributed by atoms with Crippen LogP contribution >= 0.6 is 0 Å². The van der Waals surface area contributed by atoms with Gasteiger partial charge in [0, 0.05) is 32.4 Å². The van der Waals surface area contributed by atoms with Crippen molar-refractivity contribution >= 4 is 16.9 Å². The van der Waals surface area contributed by atoms with Gasteiger partial charge in [-0.3, -0.25) is 9.69 Å². The Morgan fingerprint density at radius 2 is 1.61 bits per heavy atom. The maximum absolute atomic E-state index is 12.9. The molecule has 1 aromatic heterocycles. The number of ether oxygens (including phenoxy) is 1. The molecular weight excluding hydrogens is 463 g/mol. The molecule has 0 radical (unpaired) electrons. The maximum Gasteiger partial charge on any atom is 1.00 e. The molecule has 0 spiro atoms. The first kappa shape index (κ1) is 26.2. The van der Waals surface area contributed by atoms with Gasteiger partial charge in [0.15, 0.2) is 5.43 Å². The Kier molecular flexibility index (Phi) is 8.64. The summed E-state index contributed by atoms with van der Waals surface area (Å²) in [6.45, 7) is 3.40. The molecule has 0 unspecified atom stereocenters. The average Bonchev–Trinajstić information content (AvgIpc) is 2.87. The van der Waals surface area contributed by atoms with Gasteiger partial charge >= 0.3 is 29.6 Å². The first-order valence-electron chi connectivity index (χ1n) is 11.9. The molecule has 1 aliphatic rings. The fourth-order valence-corrected chi connectivity index (χ4v) is 4.83. The van der Waals surface area contributed by atoms with Crippen LogP contribution < -0.4 is 44.8 Å². The summed E-state index contributed by atoms with van der Waals surface area (Å²) in [5, 5.41) is 11.9. The molecule has 0 fully saturated rings. The Morgan fingerprint density at radius 1 is 0.972 bits per heavy atom. The zero-order chi connectivity index (χ0) is 24.2. The molecule has 5 rings (SSSR count). The van der Waals surface area contributed by atoms with E-state index in [9.17, 15) is 14.7 Å². The van der Waals surface area contributed by atoms with E-state index < -0.39 is 11.4 Å². The number of carbonyl (C=O) groups is 1. The molecule has 0 aliphatic carbocycles. The molecule has 36 heavy (non-hydrogen) atoms. The fraction of sp³-hybridized carbons (Fsp3) is 0.241. The molecule has 0 atom stereocenters. The first-order valence-corrected chi connectivity index (χ1v) is 11.9. The largest absolute Gasteiger partial charge is 1.00 e. The second-order valence-electron chi connectivity index (χ2n) is 8.97. The van der Waals surface area contributed by atoms with Gasteiger partial charge in [0.2, 0.25) is 0 Å². The Bertz CT molecular complexity index is 1360. The van der Waals surface area contributed by atoms with Crippen molar-refractivity contribution < 1.29 is 44.2 Å². The zero-order valence-corrected chi connectivity index (χ0v) is 22.5. The maximum atomic E-state index is 12.9. The number of benzene rings is 3. The number of carboxylic acid groups (broad SMARTS) is 1. The SMILES string of the molecule is O=C([O-])c1cn2c3c(cc(OCCN(Cc4ccccc4)Cc4ccccc4)cc3c1=O)CCC2.[Na+]. The van der Waals surface area contributed by atoms with E-state index >= 15 is 0 Å². The topological polar surface area (TPSA) is 74.6 Å². The van der Waals surface area contributed by atoms with Crippen molar-refractivity contribution in [2.75, 3.05) is 13.2 Å². The van der Waals surface area contributed by atoms with Crippen LogP contribution in [0, 0.1) is 0 Å². The number of hydrogen-bond donors (Lipinski definition) is 0. The standard InChI is InChI=1S/C29H28N2O4.Na/c32-28-25-17-24(16-23-12-7-13-31(27(23)25)20-26(28)29(33)34)35-15-14-30(18-21-8-3-1-4-9-21)19-22-10-5-2-6-11-22;/h1-6,8-11,16-17,20H,7,12-15,18-19H2,(H,33,34);/q;+1/p-1. The van der Waals surface area contributed by atoms with Gasteiger partial charge in [-0.1, -0.05) is 60.7 Å². The van der Waals surface area contributed by atoms with Gasteiger partial charge in [0.1, 0.15) is 12.4 Å². The van der Waals surface area contributed by atoms with Crippen molar-refractivity contribution in [1.29, 1.82) is 0 Å². The van der Waals surface area contributed by atoms with Crippen LogP contribution in [0.3, 0.4) is 0 Å². The summed E-state index contributed by atoms with van der Waals surface area (Å²) in [6, 6.07) is 24.3. The van der Waals surface area contributed by atoms with Gasteiger partial charge in [0.25, 0.3) is 0 Å². The molecule has 0 N–H and O–H groups in total. The van der Waals surface area contributed by atoms with Crippen LogP contribution in [0.25, 0.3) is 10.9 Å². The van der Waals surface area contributed by atoms with Gasteiger partial charge in [-0.15, -0.1) is 0 Å². The van der Waals surface area contributed by atoms with Crippen molar-refractivity contribution in [2.24, 2.45) is 0 Å². The summed E-state index contributed by atoms with van der Waals surface area (Å²) >= 11 is 0. The van der Waals surface area contributed by atoms with Gasteiger partial charge < -0.3 is 19.2 Å². The molecule has 0 amide bonds. The summed E-state index contributed by atoms with van der Waals surface area (Å²) in [4.78, 5) is 26.7. The van der Waals surface area contributed by atoms with E-state index in [4.69, 9.17) is 4.74 Å². The van der Waals surface area contributed by atoms with Crippen LogP contribution in [0.4, 0.5) is 0 Å². The number of aromatic carboxylic acids is 1. The van der Waals surface area contributed by atoms with Crippen LogP contribution in [0.1, 0.15) is 33.5 Å². The predicted molar refractivity (Wildman–Crippen MR) is 133 cm³/mol. The number of carboxylic acids is 1. The van der Waals surface area contributed by atoms with Crippen LogP contribution in [0.15, 0.2) is 83.8 Å². The van der Waals surface area contributed by atoms with E-state index in [0.29, 0.717) is 30.8 Å². The van der Waals surface area contributed by atoms with Crippen molar-refractivity contribution in [1.82, 2.24) is 9.47 Å². The van der Waals surface area contributed by atoms with E-state index in [2.05, 4.69) is 29.2 Å². The van der Waals surface area contributed by atoms with E-state index in [1.165, 1.54) is 17.3 Å². The summed E-state index contributed by atoms with van der Waals surface area (Å²) < 4.78 is 7.98. The van der Waals surface area contributed by atoms with Crippen LogP contribution in [0.2, 0.25) is 0 Å². The number of aromatic nitrogens is 1. The zero-order valence-electron chi connectivity index (χ0n) is 20.5. The number of aryl methyl sites for hydroxylation is 2. The molecule has 0 bridgehead atoms. The minimum absolute atomic E-state index is 0. The van der Waals surface area contributed by atoms with Crippen LogP contribution in [-0.4, -0.2) is 28.6 Å². The predicted octanol–water partition coefficient (Wildman–Crippen LogP) is 0.396. The minimum Gasteiger partial charge on any atom is -0.545 e. The number of hydrogen-bond acceptors (Lipinski definition) is 5. The third kappa shape index (κ3) is 5.90. The fourth-order valence-electron chi connectivity index (χ4n) is 4.83. The van der Waals surface area contributed by atoms with Crippen molar-refractivity contribution in [2.45, 2.75) is 32.5 Å². The molecule has 0 saturated heterocycles. The molecule has 0 saturated carbocycles. The van der Waals surface area contributed by atoms with Crippen molar-refractivity contribution in [3.05, 3.63) is 111 Å². The van der Waals surface area contributed by atoms with Crippen LogP contribution in [0.5, 0.6) is 5.75 Å². The average molecular weight is 491 g/mol. The van der Waals surface area contributed by atoms with E-state index in [-0.39, 0.29) is 35.1 Å². The van der Waals surface area contributed by atoms with E-state index in [1.54, 1.807) is 6.07 Å². The van der Waals surface area contributed by atoms with Gasteiger partial charge in [-0.2, -0.15) is 0 Å². The van der Waals surface area contributed by atoms with Gasteiger partial charge in [-0.25, -0.2) is 0 Å². The number of nitrogens with zero attached hydrogens (tertiary/aromatic N) is 2. The Labute approximate surface area is 232 Å². The molecule has 4 aromatic rings. The summed E-state index contributed by atoms with van der Waals surface area (Å²) in [5.74, 6) is -0.857. The second kappa shape index (κ2) is 11.9. The Hall–Kier alpha value is -2.90. The molecular formula is C29H27N2NaO4. The summed E-state index contributed by atoms with van der Waals surface area (Å²) in [7, 11) is 0. The minimum atomic E-state index is -1.45. The monoisotopic (exact) mass is 490 g/mol. The Morgan fingerprint density at radius 3 is 2.22 bits per heavy atom. The summed E-state index contributed by atoms with van der Waals surface area (Å²) in [6.07, 6.45) is 3.11. The third-order valence-corrected chi connectivity index (χ3v) is 6.46. The first-order chi connectivity index (χ1) is 17.1. The quantitative estimate of drug-likeness (QED) is 0.318. The molecule has 7 heteroatoms. The normalized spacial score (nSPS) is 12.4. The van der Waals surface area contributed by atoms with Crippen molar-refractivity contribution in [3.63, 3.8) is 0 Å². The molecule has 2 heterocycles. The van der Waals surface area contributed by atoms with Gasteiger partial charge in [-0.05, 0) is 41.7 Å². The molecule has 6 nitrogen and oxygen atoms in total. The number of rotatable bonds is 9. The molecule has 1 aliphatic heterocycles. The number of carbonyl (C=O) groups excluding carboxylic acids is 1. The van der Waals surface area contributed by atoms with E-state index in [1.807, 2.05) is 47.0 Å². The molecule has 3 aromatic carbocycles. The van der Waals surface area contributed by atoms with Gasteiger partial charge in [0.05, 0.1) is 22.4 Å². The summed E-state index contributed by atoms with van der Waals surface area (Å²) in [5.41, 5.74) is 3.45. The second-order valence-corrected chi connectivity index (χ2v) is 8.97. The smallest absolute Gasteiger partial charge is 0.545 e. The molecule has 178 valence electrons. The Balaban J connectivity index is 0.00000304.